The molecule has 0 heterocycles. The van der Waals surface area contributed by atoms with E-state index in [2.05, 4.69) is 5.32 Å². The van der Waals surface area contributed by atoms with Gasteiger partial charge in [0.25, 0.3) is 0 Å². The second-order valence-corrected chi connectivity index (χ2v) is 4.09. The predicted octanol–water partition coefficient (Wildman–Crippen LogP) is 3.62. The van der Waals surface area contributed by atoms with E-state index < -0.39 is 5.82 Å². The van der Waals surface area contributed by atoms with Crippen LogP contribution < -0.4 is 5.32 Å². The van der Waals surface area contributed by atoms with E-state index in [1.807, 2.05) is 31.2 Å². The lowest BCUT2D eigenvalue weighted by Gasteiger charge is -2.09. The van der Waals surface area contributed by atoms with E-state index in [1.165, 1.54) is 23.3 Å². The third kappa shape index (κ3) is 2.67. The average molecular weight is 240 g/mol. The number of hydrogen-bond acceptors (Lipinski definition) is 2. The van der Waals surface area contributed by atoms with Crippen LogP contribution in [0.15, 0.2) is 42.5 Å². The van der Waals surface area contributed by atoms with Crippen LogP contribution in [-0.4, -0.2) is 0 Å². The maximum atomic E-state index is 13.4. The van der Waals surface area contributed by atoms with Gasteiger partial charge in [-0.05, 0) is 36.2 Å². The molecule has 0 aromatic heterocycles. The Labute approximate surface area is 106 Å². The molecular formula is C15H13FN2. The van der Waals surface area contributed by atoms with Crippen LogP contribution in [0.1, 0.15) is 16.7 Å². The third-order valence-electron chi connectivity index (χ3n) is 2.83. The molecule has 90 valence electrons. The van der Waals surface area contributed by atoms with Crippen molar-refractivity contribution in [3.8, 4) is 6.07 Å². The molecule has 18 heavy (non-hydrogen) atoms. The number of hydrogen-bond donors (Lipinski definition) is 1. The summed E-state index contributed by atoms with van der Waals surface area (Å²) in [4.78, 5) is 0. The summed E-state index contributed by atoms with van der Waals surface area (Å²) in [5.74, 6) is -0.493. The standard InChI is InChI=1S/C15H13FN2/c1-11-4-2-3-5-13(11)10-18-14-7-6-12(9-17)15(16)8-14/h2-8,18H,10H2,1H3. The fourth-order valence-electron chi connectivity index (χ4n) is 1.72. The smallest absolute Gasteiger partial charge is 0.143 e. The number of halogens is 1. The predicted molar refractivity (Wildman–Crippen MR) is 69.6 cm³/mol. The van der Waals surface area contributed by atoms with Crippen LogP contribution in [0.25, 0.3) is 0 Å². The molecule has 0 aliphatic rings. The molecule has 0 fully saturated rings. The maximum Gasteiger partial charge on any atom is 0.143 e. The first-order valence-electron chi connectivity index (χ1n) is 5.69. The minimum Gasteiger partial charge on any atom is -0.381 e. The number of aryl methyl sites for hydroxylation is 1. The van der Waals surface area contributed by atoms with Gasteiger partial charge in [0.2, 0.25) is 0 Å². The largest absolute Gasteiger partial charge is 0.381 e. The molecule has 0 amide bonds. The van der Waals surface area contributed by atoms with E-state index in [4.69, 9.17) is 5.26 Å². The van der Waals surface area contributed by atoms with Crippen molar-refractivity contribution >= 4 is 5.69 Å². The average Bonchev–Trinajstić information content (AvgIpc) is 2.38. The summed E-state index contributed by atoms with van der Waals surface area (Å²) in [6.45, 7) is 2.67. The lowest BCUT2D eigenvalue weighted by molar-refractivity contribution is 0.624. The summed E-state index contributed by atoms with van der Waals surface area (Å²) in [5, 5.41) is 11.8. The first kappa shape index (κ1) is 12.1. The molecule has 0 aliphatic heterocycles. The van der Waals surface area contributed by atoms with Gasteiger partial charge < -0.3 is 5.32 Å². The quantitative estimate of drug-likeness (QED) is 0.889. The maximum absolute atomic E-state index is 13.4. The topological polar surface area (TPSA) is 35.8 Å². The monoisotopic (exact) mass is 240 g/mol. The van der Waals surface area contributed by atoms with Crippen molar-refractivity contribution in [3.05, 3.63) is 65.0 Å². The molecule has 2 rings (SSSR count). The first-order chi connectivity index (χ1) is 8.70. The Morgan fingerprint density at radius 1 is 1.22 bits per heavy atom. The highest BCUT2D eigenvalue weighted by molar-refractivity contribution is 5.48. The second-order valence-electron chi connectivity index (χ2n) is 4.09. The number of nitrogens with zero attached hydrogens (tertiary/aromatic N) is 1. The molecule has 0 aliphatic carbocycles. The van der Waals surface area contributed by atoms with E-state index in [0.29, 0.717) is 12.2 Å². The summed E-state index contributed by atoms with van der Waals surface area (Å²) in [7, 11) is 0. The SMILES string of the molecule is Cc1ccccc1CNc1ccc(C#N)c(F)c1. The zero-order valence-electron chi connectivity index (χ0n) is 10.1. The van der Waals surface area contributed by atoms with Gasteiger partial charge in [-0.15, -0.1) is 0 Å². The molecule has 0 radical (unpaired) electrons. The summed E-state index contributed by atoms with van der Waals surface area (Å²) >= 11 is 0. The van der Waals surface area contributed by atoms with Crippen LogP contribution in [0.4, 0.5) is 10.1 Å². The second kappa shape index (κ2) is 5.33. The zero-order chi connectivity index (χ0) is 13.0. The molecule has 2 aromatic carbocycles. The van der Waals surface area contributed by atoms with Gasteiger partial charge in [-0.2, -0.15) is 5.26 Å². The molecule has 0 spiro atoms. The van der Waals surface area contributed by atoms with Gasteiger partial charge in [0, 0.05) is 12.2 Å². The van der Waals surface area contributed by atoms with Crippen LogP contribution >= 0.6 is 0 Å². The normalized spacial score (nSPS) is 9.83. The Bertz CT molecular complexity index is 600. The third-order valence-corrected chi connectivity index (χ3v) is 2.83. The molecular weight excluding hydrogens is 227 g/mol. The molecule has 2 aromatic rings. The summed E-state index contributed by atoms with van der Waals surface area (Å²) in [5.41, 5.74) is 3.10. The summed E-state index contributed by atoms with van der Waals surface area (Å²) in [6, 6.07) is 14.4. The molecule has 3 heteroatoms. The fraction of sp³-hybridized carbons (Fsp3) is 0.133. The number of nitriles is 1. The van der Waals surface area contributed by atoms with E-state index in [1.54, 1.807) is 12.1 Å². The summed E-state index contributed by atoms with van der Waals surface area (Å²) < 4.78 is 13.4. The Hall–Kier alpha value is -2.34. The van der Waals surface area contributed by atoms with Crippen molar-refractivity contribution < 1.29 is 4.39 Å². The molecule has 2 nitrogen and oxygen atoms in total. The van der Waals surface area contributed by atoms with Crippen LogP contribution in [-0.2, 0) is 6.54 Å². The number of nitrogens with one attached hydrogen (secondary N) is 1. The molecule has 0 atom stereocenters. The van der Waals surface area contributed by atoms with Crippen molar-refractivity contribution in [2.45, 2.75) is 13.5 Å². The minimum absolute atomic E-state index is 0.0661. The van der Waals surface area contributed by atoms with Gasteiger partial charge in [0.1, 0.15) is 11.9 Å². The van der Waals surface area contributed by atoms with E-state index in [-0.39, 0.29) is 5.56 Å². The Morgan fingerprint density at radius 3 is 2.67 bits per heavy atom. The Balaban J connectivity index is 2.10. The fourth-order valence-corrected chi connectivity index (χ4v) is 1.72. The van der Waals surface area contributed by atoms with E-state index >= 15 is 0 Å². The molecule has 1 N–H and O–H groups in total. The number of benzene rings is 2. The van der Waals surface area contributed by atoms with Crippen LogP contribution in [0.3, 0.4) is 0 Å². The number of anilines is 1. The van der Waals surface area contributed by atoms with E-state index in [9.17, 15) is 4.39 Å². The lowest BCUT2D eigenvalue weighted by Crippen LogP contribution is -2.01. The van der Waals surface area contributed by atoms with Crippen molar-refractivity contribution in [1.29, 1.82) is 5.26 Å². The van der Waals surface area contributed by atoms with Gasteiger partial charge in [0.15, 0.2) is 0 Å². The van der Waals surface area contributed by atoms with Gasteiger partial charge in [0.05, 0.1) is 5.56 Å². The highest BCUT2D eigenvalue weighted by Gasteiger charge is 2.03. The van der Waals surface area contributed by atoms with Gasteiger partial charge >= 0.3 is 0 Å². The molecule has 0 unspecified atom stereocenters. The van der Waals surface area contributed by atoms with E-state index in [0.717, 1.165) is 0 Å². The number of rotatable bonds is 3. The summed E-state index contributed by atoms with van der Waals surface area (Å²) in [6.07, 6.45) is 0. The highest BCUT2D eigenvalue weighted by Crippen LogP contribution is 2.15. The van der Waals surface area contributed by atoms with Crippen LogP contribution in [0, 0.1) is 24.1 Å². The van der Waals surface area contributed by atoms with Gasteiger partial charge in [-0.3, -0.25) is 0 Å². The van der Waals surface area contributed by atoms with Crippen LogP contribution in [0.2, 0.25) is 0 Å². The molecule has 0 bridgehead atoms. The van der Waals surface area contributed by atoms with Crippen molar-refractivity contribution in [2.75, 3.05) is 5.32 Å². The zero-order valence-corrected chi connectivity index (χ0v) is 10.1. The van der Waals surface area contributed by atoms with Gasteiger partial charge in [-0.25, -0.2) is 4.39 Å². The molecule has 0 saturated carbocycles. The van der Waals surface area contributed by atoms with Crippen molar-refractivity contribution in [1.82, 2.24) is 0 Å². The van der Waals surface area contributed by atoms with Gasteiger partial charge in [-0.1, -0.05) is 24.3 Å². The van der Waals surface area contributed by atoms with Crippen molar-refractivity contribution in [2.24, 2.45) is 0 Å². The highest BCUT2D eigenvalue weighted by atomic mass is 19.1. The Kier molecular flexibility index (Phi) is 3.59. The first-order valence-corrected chi connectivity index (χ1v) is 5.69. The lowest BCUT2D eigenvalue weighted by atomic mass is 10.1. The van der Waals surface area contributed by atoms with Crippen molar-refractivity contribution in [3.63, 3.8) is 0 Å². The molecule has 0 saturated heterocycles. The van der Waals surface area contributed by atoms with Crippen LogP contribution in [0.5, 0.6) is 0 Å². The minimum atomic E-state index is -0.493. The Morgan fingerprint density at radius 2 is 2.00 bits per heavy atom.